The third-order valence-electron chi connectivity index (χ3n) is 15.4. The number of carbonyl (C=O) groups is 3. The molecule has 1 heterocycles. The van der Waals surface area contributed by atoms with Crippen molar-refractivity contribution in [1.29, 1.82) is 0 Å². The second-order valence-corrected chi connectivity index (χ2v) is 27.2. The Kier molecular flexibility index (Phi) is 23.3. The van der Waals surface area contributed by atoms with Gasteiger partial charge in [0.2, 0.25) is 0 Å². The highest BCUT2D eigenvalue weighted by Crippen LogP contribution is 2.45. The Morgan fingerprint density at radius 3 is 1.74 bits per heavy atom. The number of aldehydes is 1. The molecule has 5 aromatic carbocycles. The van der Waals surface area contributed by atoms with Crippen molar-refractivity contribution in [3.8, 4) is 11.5 Å². The van der Waals surface area contributed by atoms with Crippen LogP contribution in [0.4, 0.5) is 4.79 Å². The number of hydrogen-bond donors (Lipinski definition) is 0. The number of carbonyl (C=O) groups excluding carboxylic acids is 3. The van der Waals surface area contributed by atoms with Gasteiger partial charge in [0, 0.05) is 38.5 Å². The summed E-state index contributed by atoms with van der Waals surface area (Å²) in [5.41, 5.74) is 5.60. The van der Waals surface area contributed by atoms with Crippen molar-refractivity contribution in [2.24, 2.45) is 17.8 Å². The fourth-order valence-corrected chi connectivity index (χ4v) is 16.8. The van der Waals surface area contributed by atoms with Gasteiger partial charge in [-0.15, -0.1) is 0 Å². The molecule has 1 saturated heterocycles. The lowest BCUT2D eigenvalue weighted by molar-refractivity contribution is -0.152. The van der Waals surface area contributed by atoms with Crippen LogP contribution in [0, 0.1) is 17.8 Å². The third kappa shape index (κ3) is 16.3. The summed E-state index contributed by atoms with van der Waals surface area (Å²) in [5.74, 6) is 0.254. The molecule has 0 bridgehead atoms. The van der Waals surface area contributed by atoms with Crippen LogP contribution >= 0.6 is 0 Å². The first-order valence-corrected chi connectivity index (χ1v) is 29.8. The van der Waals surface area contributed by atoms with Gasteiger partial charge >= 0.3 is 12.1 Å². The molecule has 5 aromatic rings. The zero-order valence-electron chi connectivity index (χ0n) is 47.9. The maximum Gasteiger partial charge on any atom is 0.409 e. The maximum absolute atomic E-state index is 14.3. The number of esters is 1. The first-order chi connectivity index (χ1) is 37.6. The normalized spacial score (nSPS) is 16.3. The van der Waals surface area contributed by atoms with Gasteiger partial charge in [-0.25, -0.2) is 4.79 Å². The Morgan fingerprint density at radius 2 is 1.22 bits per heavy atom. The molecule has 0 aliphatic carbocycles. The van der Waals surface area contributed by atoms with Gasteiger partial charge in [0.1, 0.15) is 35.9 Å². The fourth-order valence-electron chi connectivity index (χ4n) is 11.3. The zero-order valence-corrected chi connectivity index (χ0v) is 48.9. The lowest BCUT2D eigenvalue weighted by atomic mass is 9.80. The van der Waals surface area contributed by atoms with Crippen LogP contribution < -0.4 is 9.47 Å². The number of rotatable bonds is 32. The summed E-state index contributed by atoms with van der Waals surface area (Å²) in [6.07, 6.45) is 1.74. The van der Waals surface area contributed by atoms with Crippen LogP contribution in [0.25, 0.3) is 0 Å². The molecule has 1 fully saturated rings. The van der Waals surface area contributed by atoms with Crippen LogP contribution in [0.2, 0.25) is 16.6 Å². The second-order valence-electron chi connectivity index (χ2n) is 21.7. The van der Waals surface area contributed by atoms with E-state index in [4.69, 9.17) is 37.6 Å². The van der Waals surface area contributed by atoms with Crippen LogP contribution in [-0.4, -0.2) is 97.5 Å². The molecule has 1 aliphatic rings. The van der Waals surface area contributed by atoms with E-state index in [1.807, 2.05) is 110 Å². The molecule has 420 valence electrons. The van der Waals surface area contributed by atoms with Gasteiger partial charge in [0.15, 0.2) is 14.6 Å². The molecular weight excluding hydrogens is 999 g/mol. The molecule has 0 saturated carbocycles. The summed E-state index contributed by atoms with van der Waals surface area (Å²) in [4.78, 5) is 41.2. The molecule has 0 radical (unpaired) electrons. The van der Waals surface area contributed by atoms with Crippen molar-refractivity contribution in [3.63, 3.8) is 0 Å². The minimum atomic E-state index is -2.44. The van der Waals surface area contributed by atoms with Crippen LogP contribution in [-0.2, 0) is 56.5 Å². The number of hydrogen-bond acceptors (Lipinski definition) is 11. The molecule has 0 spiro atoms. The van der Waals surface area contributed by atoms with Crippen LogP contribution in [0.1, 0.15) is 102 Å². The standard InChI is InChI=1S/C65H85NO11Si/c1-46(2)78(47(3)4,48(5)6)75-44-53(59(63-61(40-67)77-63)45-72-42-52-29-33-57(70-10)34-30-52)39-60(76-62(68)28-21-37-66(9)64(69)73-43-51-22-15-12-16-23-51)50(8)38-49(7)41-74-65(54-24-17-13-18-25-54,55-26-19-14-20-27-55)56-31-35-58(71-11)36-32-56/h12-20,22-27,29-36,38,40,46-48,50,53,59-61,63H,21,28,37,39,41-45H2,1-11H3/b49-38+. The molecule has 78 heavy (non-hydrogen) atoms. The van der Waals surface area contributed by atoms with Gasteiger partial charge in [-0.05, 0) is 94.4 Å². The lowest BCUT2D eigenvalue weighted by Gasteiger charge is -2.44. The van der Waals surface area contributed by atoms with Gasteiger partial charge in [0.05, 0.1) is 40.1 Å². The lowest BCUT2D eigenvalue weighted by Crippen LogP contribution is -2.49. The summed E-state index contributed by atoms with van der Waals surface area (Å²) < 4.78 is 50.6. The summed E-state index contributed by atoms with van der Waals surface area (Å²) >= 11 is 0. The van der Waals surface area contributed by atoms with Gasteiger partial charge in [-0.2, -0.15) is 0 Å². The SMILES string of the molecule is COc1ccc(COCC(C(CO[Si](C(C)C)(C(C)C)C(C)C)CC(OC(=O)CCCN(C)C(=O)OCc2ccccc2)C(C)/C=C(\C)COC(c2ccccc2)(c2ccccc2)c2ccc(OC)cc2)C2OC2C=O)cc1. The first-order valence-electron chi connectivity index (χ1n) is 27.7. The van der Waals surface area contributed by atoms with E-state index in [0.717, 1.165) is 51.2 Å². The number of ether oxygens (including phenoxy) is 7. The summed E-state index contributed by atoms with van der Waals surface area (Å²) in [6, 6.07) is 45.8. The topological polar surface area (TPSA) is 132 Å². The number of nitrogens with zero attached hydrogens (tertiary/aromatic N) is 1. The van der Waals surface area contributed by atoms with Crippen molar-refractivity contribution < 1.29 is 52.0 Å². The molecule has 12 nitrogen and oxygen atoms in total. The fraction of sp³-hybridized carbons (Fsp3) is 0.462. The van der Waals surface area contributed by atoms with Gasteiger partial charge in [-0.1, -0.05) is 175 Å². The van der Waals surface area contributed by atoms with E-state index >= 15 is 0 Å². The number of epoxide rings is 1. The molecular formula is C65H85NO11Si. The molecule has 1 amide bonds. The smallest absolute Gasteiger partial charge is 0.409 e. The largest absolute Gasteiger partial charge is 0.497 e. The molecule has 1 aliphatic heterocycles. The summed E-state index contributed by atoms with van der Waals surface area (Å²) in [5, 5.41) is 0. The molecule has 0 N–H and O–H groups in total. The maximum atomic E-state index is 14.3. The van der Waals surface area contributed by atoms with E-state index in [9.17, 15) is 14.4 Å². The zero-order chi connectivity index (χ0) is 56.2. The molecule has 6 unspecified atom stereocenters. The Balaban J connectivity index is 1.33. The summed E-state index contributed by atoms with van der Waals surface area (Å²) in [7, 11) is 2.53. The van der Waals surface area contributed by atoms with E-state index < -0.39 is 38.3 Å². The van der Waals surface area contributed by atoms with Gasteiger partial charge in [-0.3, -0.25) is 4.79 Å². The Bertz CT molecular complexity index is 2550. The number of methoxy groups -OCH3 is 2. The van der Waals surface area contributed by atoms with Crippen molar-refractivity contribution in [3.05, 3.63) is 179 Å². The Hall–Kier alpha value is -6.09. The average Bonchev–Trinajstić information content (AvgIpc) is 4.28. The van der Waals surface area contributed by atoms with Crippen LogP contribution in [0.3, 0.4) is 0 Å². The quantitative estimate of drug-likeness (QED) is 0.0102. The minimum Gasteiger partial charge on any atom is -0.497 e. The van der Waals surface area contributed by atoms with E-state index in [1.165, 1.54) is 4.90 Å². The van der Waals surface area contributed by atoms with Gasteiger partial charge in [0.25, 0.3) is 0 Å². The van der Waals surface area contributed by atoms with Crippen LogP contribution in [0.15, 0.2) is 151 Å². The van der Waals surface area contributed by atoms with Gasteiger partial charge < -0.3 is 47.3 Å². The van der Waals surface area contributed by atoms with Crippen molar-refractivity contribution >= 4 is 26.7 Å². The highest BCUT2D eigenvalue weighted by Gasteiger charge is 2.51. The van der Waals surface area contributed by atoms with Crippen molar-refractivity contribution in [2.75, 3.05) is 47.6 Å². The van der Waals surface area contributed by atoms with E-state index in [0.29, 0.717) is 49.2 Å². The molecule has 6 rings (SSSR count). The third-order valence-corrected chi connectivity index (χ3v) is 21.5. The predicted molar refractivity (Wildman–Crippen MR) is 309 cm³/mol. The average molecular weight is 1080 g/mol. The first kappa shape index (κ1) is 61.1. The minimum absolute atomic E-state index is 0.0719. The summed E-state index contributed by atoms with van der Waals surface area (Å²) in [6.45, 7) is 19.4. The Labute approximate surface area is 465 Å². The highest BCUT2D eigenvalue weighted by molar-refractivity contribution is 6.77. The second kappa shape index (κ2) is 29.8. The van der Waals surface area contributed by atoms with E-state index in [2.05, 4.69) is 90.9 Å². The Morgan fingerprint density at radius 1 is 0.692 bits per heavy atom. The predicted octanol–water partition coefficient (Wildman–Crippen LogP) is 13.6. The van der Waals surface area contributed by atoms with E-state index in [-0.39, 0.29) is 50.0 Å². The van der Waals surface area contributed by atoms with Crippen LogP contribution in [0.5, 0.6) is 11.5 Å². The highest BCUT2D eigenvalue weighted by atomic mass is 28.4. The molecule has 13 heteroatoms. The van der Waals surface area contributed by atoms with Crippen molar-refractivity contribution in [2.45, 2.75) is 128 Å². The monoisotopic (exact) mass is 1080 g/mol. The number of amides is 1. The van der Waals surface area contributed by atoms with E-state index in [1.54, 1.807) is 21.3 Å². The van der Waals surface area contributed by atoms with Crippen molar-refractivity contribution in [1.82, 2.24) is 4.90 Å². The molecule has 0 aromatic heterocycles. The number of benzene rings is 5. The molecule has 6 atom stereocenters.